The number of fused-ring (bicyclic) bond motifs is 1. The number of hydrogen-bond acceptors (Lipinski definition) is 4. The topological polar surface area (TPSA) is 45.2 Å². The predicted molar refractivity (Wildman–Crippen MR) is 83.8 cm³/mol. The van der Waals surface area contributed by atoms with E-state index in [0.717, 1.165) is 35.8 Å². The van der Waals surface area contributed by atoms with E-state index in [1.165, 1.54) is 10.9 Å². The summed E-state index contributed by atoms with van der Waals surface area (Å²) in [6.45, 7) is 3.31. The first-order valence-corrected chi connectivity index (χ1v) is 7.81. The third-order valence-corrected chi connectivity index (χ3v) is 3.82. The van der Waals surface area contributed by atoms with Crippen LogP contribution in [-0.4, -0.2) is 29.0 Å². The molecule has 2 N–H and O–H groups in total. The van der Waals surface area contributed by atoms with Gasteiger partial charge in [0.25, 0.3) is 0 Å². The summed E-state index contributed by atoms with van der Waals surface area (Å²) in [5.74, 6) is 2.62. The Kier molecular flexibility index (Phi) is 5.48. The van der Waals surface area contributed by atoms with Gasteiger partial charge in [-0.1, -0.05) is 25.1 Å². The van der Waals surface area contributed by atoms with Gasteiger partial charge in [-0.3, -0.25) is 0 Å². The minimum absolute atomic E-state index is 0.226. The van der Waals surface area contributed by atoms with Gasteiger partial charge in [-0.05, 0) is 18.6 Å². The number of para-hydroxylation sites is 1. The van der Waals surface area contributed by atoms with Crippen LogP contribution in [0.2, 0.25) is 0 Å². The molecule has 0 radical (unpaired) electrons. The number of thioether (sulfide) groups is 1. The van der Waals surface area contributed by atoms with Crippen LogP contribution >= 0.6 is 11.8 Å². The second-order valence-electron chi connectivity index (χ2n) is 4.39. The van der Waals surface area contributed by atoms with E-state index in [9.17, 15) is 0 Å². The van der Waals surface area contributed by atoms with E-state index in [2.05, 4.69) is 24.4 Å². The van der Waals surface area contributed by atoms with Gasteiger partial charge in [0.1, 0.15) is 5.82 Å². The molecule has 0 amide bonds. The first kappa shape index (κ1) is 14.2. The fraction of sp³-hybridized carbons (Fsp3) is 0.400. The number of pyridine rings is 1. The number of aromatic nitrogens is 1. The summed E-state index contributed by atoms with van der Waals surface area (Å²) >= 11 is 1.73. The van der Waals surface area contributed by atoms with Crippen LogP contribution in [0.15, 0.2) is 30.3 Å². The van der Waals surface area contributed by atoms with Crippen LogP contribution in [0.4, 0.5) is 5.82 Å². The Morgan fingerprint density at radius 3 is 2.95 bits per heavy atom. The fourth-order valence-corrected chi connectivity index (χ4v) is 2.63. The van der Waals surface area contributed by atoms with Crippen molar-refractivity contribution in [2.45, 2.75) is 19.1 Å². The summed E-state index contributed by atoms with van der Waals surface area (Å²) < 4.78 is 0. The number of anilines is 1. The molecule has 4 heteroatoms. The Labute approximate surface area is 118 Å². The maximum absolute atomic E-state index is 8.87. The molecule has 3 nitrogen and oxygen atoms in total. The van der Waals surface area contributed by atoms with Gasteiger partial charge in [-0.25, -0.2) is 4.98 Å². The number of aliphatic hydroxyl groups excluding tert-OH is 1. The molecule has 1 heterocycles. The monoisotopic (exact) mass is 276 g/mol. The molecule has 1 aromatic heterocycles. The Balaban J connectivity index is 2.27. The van der Waals surface area contributed by atoms with E-state index in [-0.39, 0.29) is 6.61 Å². The molecule has 0 saturated carbocycles. The van der Waals surface area contributed by atoms with Gasteiger partial charge in [-0.2, -0.15) is 11.8 Å². The van der Waals surface area contributed by atoms with Crippen molar-refractivity contribution in [2.24, 2.45) is 0 Å². The van der Waals surface area contributed by atoms with Gasteiger partial charge in [0.15, 0.2) is 0 Å². The highest BCUT2D eigenvalue weighted by atomic mass is 32.2. The SMILES string of the molecule is CCCNc1nc2ccccc2cc1CSCCO. The molecule has 0 aliphatic heterocycles. The van der Waals surface area contributed by atoms with Gasteiger partial charge < -0.3 is 10.4 Å². The fourth-order valence-electron chi connectivity index (χ4n) is 1.91. The molecule has 1 aromatic carbocycles. The lowest BCUT2D eigenvalue weighted by Gasteiger charge is -2.12. The number of benzene rings is 1. The van der Waals surface area contributed by atoms with E-state index < -0.39 is 0 Å². The van der Waals surface area contributed by atoms with Crippen molar-refractivity contribution in [3.05, 3.63) is 35.9 Å². The lowest BCUT2D eigenvalue weighted by Crippen LogP contribution is -2.05. The molecular weight excluding hydrogens is 256 g/mol. The van der Waals surface area contributed by atoms with Crippen molar-refractivity contribution in [3.63, 3.8) is 0 Å². The first-order valence-electron chi connectivity index (χ1n) is 6.66. The smallest absolute Gasteiger partial charge is 0.130 e. The highest BCUT2D eigenvalue weighted by Crippen LogP contribution is 2.24. The molecule has 0 atom stereocenters. The van der Waals surface area contributed by atoms with Gasteiger partial charge >= 0.3 is 0 Å². The van der Waals surface area contributed by atoms with E-state index in [0.29, 0.717) is 0 Å². The zero-order valence-corrected chi connectivity index (χ0v) is 12.0. The van der Waals surface area contributed by atoms with E-state index in [4.69, 9.17) is 10.1 Å². The lowest BCUT2D eigenvalue weighted by molar-refractivity contribution is 0.322. The quantitative estimate of drug-likeness (QED) is 0.762. The molecule has 2 aromatic rings. The highest BCUT2D eigenvalue weighted by Gasteiger charge is 2.06. The second-order valence-corrected chi connectivity index (χ2v) is 5.50. The first-order chi connectivity index (χ1) is 9.35. The van der Waals surface area contributed by atoms with E-state index in [1.807, 2.05) is 18.2 Å². The minimum Gasteiger partial charge on any atom is -0.396 e. The van der Waals surface area contributed by atoms with Crippen molar-refractivity contribution in [2.75, 3.05) is 24.2 Å². The van der Waals surface area contributed by atoms with Gasteiger partial charge in [0.05, 0.1) is 12.1 Å². The molecule has 0 fully saturated rings. The van der Waals surface area contributed by atoms with Crippen molar-refractivity contribution < 1.29 is 5.11 Å². The van der Waals surface area contributed by atoms with Crippen LogP contribution in [0.3, 0.4) is 0 Å². The molecule has 102 valence electrons. The summed E-state index contributed by atoms with van der Waals surface area (Å²) in [6.07, 6.45) is 1.08. The molecule has 19 heavy (non-hydrogen) atoms. The zero-order valence-electron chi connectivity index (χ0n) is 11.2. The van der Waals surface area contributed by atoms with Crippen LogP contribution in [0.5, 0.6) is 0 Å². The Hall–Kier alpha value is -1.26. The van der Waals surface area contributed by atoms with Crippen molar-refractivity contribution in [1.82, 2.24) is 4.98 Å². The minimum atomic E-state index is 0.226. The molecule has 0 spiro atoms. The molecule has 0 saturated heterocycles. The third kappa shape index (κ3) is 3.85. The van der Waals surface area contributed by atoms with Crippen LogP contribution in [0.1, 0.15) is 18.9 Å². The molecule has 0 aliphatic carbocycles. The summed E-state index contributed by atoms with van der Waals surface area (Å²) in [5, 5.41) is 13.4. The largest absolute Gasteiger partial charge is 0.396 e. The molecular formula is C15H20N2OS. The standard InChI is InChI=1S/C15H20N2OS/c1-2-7-16-15-13(11-19-9-8-18)10-12-5-3-4-6-14(12)17-15/h3-6,10,18H,2,7-9,11H2,1H3,(H,16,17). The summed E-state index contributed by atoms with van der Waals surface area (Å²) in [6, 6.07) is 10.4. The maximum Gasteiger partial charge on any atom is 0.130 e. The van der Waals surface area contributed by atoms with Crippen LogP contribution in [0.25, 0.3) is 10.9 Å². The normalized spacial score (nSPS) is 10.8. The highest BCUT2D eigenvalue weighted by molar-refractivity contribution is 7.98. The number of aliphatic hydroxyl groups is 1. The molecule has 2 rings (SSSR count). The Morgan fingerprint density at radius 1 is 1.32 bits per heavy atom. The molecule has 0 aliphatic rings. The molecule has 0 unspecified atom stereocenters. The van der Waals surface area contributed by atoms with Gasteiger partial charge in [0.2, 0.25) is 0 Å². The summed E-state index contributed by atoms with van der Waals surface area (Å²) in [5.41, 5.74) is 2.24. The summed E-state index contributed by atoms with van der Waals surface area (Å²) in [4.78, 5) is 4.70. The summed E-state index contributed by atoms with van der Waals surface area (Å²) in [7, 11) is 0. The number of nitrogens with one attached hydrogen (secondary N) is 1. The van der Waals surface area contributed by atoms with Crippen LogP contribution in [0, 0.1) is 0 Å². The Bertz CT molecular complexity index is 531. The lowest BCUT2D eigenvalue weighted by atomic mass is 10.1. The number of hydrogen-bond donors (Lipinski definition) is 2. The average Bonchev–Trinajstić information content (AvgIpc) is 2.45. The van der Waals surface area contributed by atoms with E-state index >= 15 is 0 Å². The van der Waals surface area contributed by atoms with Crippen LogP contribution < -0.4 is 5.32 Å². The number of nitrogens with zero attached hydrogens (tertiary/aromatic N) is 1. The number of rotatable bonds is 7. The zero-order chi connectivity index (χ0) is 13.5. The van der Waals surface area contributed by atoms with Gasteiger partial charge in [-0.15, -0.1) is 0 Å². The Morgan fingerprint density at radius 2 is 2.16 bits per heavy atom. The second kappa shape index (κ2) is 7.36. The predicted octanol–water partition coefficient (Wildman–Crippen LogP) is 3.28. The van der Waals surface area contributed by atoms with Crippen molar-refractivity contribution in [3.8, 4) is 0 Å². The third-order valence-electron chi connectivity index (χ3n) is 2.84. The van der Waals surface area contributed by atoms with E-state index in [1.54, 1.807) is 11.8 Å². The van der Waals surface area contributed by atoms with Crippen molar-refractivity contribution >= 4 is 28.5 Å². The van der Waals surface area contributed by atoms with Crippen LogP contribution in [-0.2, 0) is 5.75 Å². The van der Waals surface area contributed by atoms with Crippen molar-refractivity contribution in [1.29, 1.82) is 0 Å². The average molecular weight is 276 g/mol. The maximum atomic E-state index is 8.87. The van der Waals surface area contributed by atoms with Gasteiger partial charge in [0, 0.05) is 29.0 Å². The molecule has 0 bridgehead atoms.